The molecule has 0 saturated carbocycles. The molecule has 2 aromatic heterocycles. The molecule has 0 aliphatic rings. The van der Waals surface area contributed by atoms with E-state index in [1.165, 1.54) is 17.8 Å². The largest absolute Gasteiger partial charge is 0.501 e. The Morgan fingerprint density at radius 3 is 2.21 bits per heavy atom. The van der Waals surface area contributed by atoms with Crippen LogP contribution in [0.4, 0.5) is 16.2 Å². The molecule has 172 valence electrons. The summed E-state index contributed by atoms with van der Waals surface area (Å²) in [4.78, 5) is 35.6. The summed E-state index contributed by atoms with van der Waals surface area (Å²) in [6.07, 6.45) is 1.19. The molecule has 2 aromatic carbocycles. The van der Waals surface area contributed by atoms with Gasteiger partial charge in [-0.3, -0.25) is 14.2 Å². The molecule has 4 rings (SSSR count). The zero-order valence-corrected chi connectivity index (χ0v) is 18.5. The van der Waals surface area contributed by atoms with Crippen LogP contribution >= 0.6 is 0 Å². The Kier molecular flexibility index (Phi) is 6.35. The van der Waals surface area contributed by atoms with Crippen LogP contribution in [0.3, 0.4) is 0 Å². The molecule has 0 unspecified atom stereocenters. The van der Waals surface area contributed by atoms with Crippen molar-refractivity contribution < 1.29 is 14.3 Å². The molecule has 9 heteroatoms. The normalized spacial score (nSPS) is 10.8. The number of aromatic hydroxyl groups is 1. The van der Waals surface area contributed by atoms with Crippen molar-refractivity contribution in [1.82, 2.24) is 14.5 Å². The fourth-order valence-electron chi connectivity index (χ4n) is 3.73. The summed E-state index contributed by atoms with van der Waals surface area (Å²) < 4.78 is 14.7. The van der Waals surface area contributed by atoms with Crippen LogP contribution in [-0.2, 0) is 7.05 Å². The first-order valence-corrected chi connectivity index (χ1v) is 10.4. The Morgan fingerprint density at radius 2 is 1.65 bits per heavy atom. The number of rotatable bonds is 6. The van der Waals surface area contributed by atoms with Crippen molar-refractivity contribution in [1.29, 1.82) is 0 Å². The van der Waals surface area contributed by atoms with Crippen LogP contribution in [0.2, 0.25) is 0 Å². The predicted octanol–water partition coefficient (Wildman–Crippen LogP) is 3.50. The smallest absolute Gasteiger partial charge is 0.297 e. The van der Waals surface area contributed by atoms with E-state index < -0.39 is 28.7 Å². The number of nitrogens with one attached hydrogen (secondary N) is 1. The molecule has 4 aromatic rings. The van der Waals surface area contributed by atoms with Crippen LogP contribution in [-0.4, -0.2) is 32.6 Å². The zero-order chi connectivity index (χ0) is 24.2. The highest BCUT2D eigenvalue weighted by Crippen LogP contribution is 2.31. The topological polar surface area (TPSA) is 100 Å². The number of benzene rings is 2. The van der Waals surface area contributed by atoms with Crippen molar-refractivity contribution in [2.45, 2.75) is 6.04 Å². The van der Waals surface area contributed by atoms with Gasteiger partial charge in [-0.05, 0) is 17.2 Å². The molecule has 2 heterocycles. The Balaban J connectivity index is 1.79. The van der Waals surface area contributed by atoms with Crippen LogP contribution in [0, 0.1) is 5.82 Å². The van der Waals surface area contributed by atoms with E-state index in [1.54, 1.807) is 11.9 Å². The highest BCUT2D eigenvalue weighted by Gasteiger charge is 2.27. The third-order valence-electron chi connectivity index (χ3n) is 5.36. The first kappa shape index (κ1) is 22.7. The molecule has 1 amide bonds. The van der Waals surface area contributed by atoms with Gasteiger partial charge in [0, 0.05) is 26.4 Å². The Bertz CT molecular complexity index is 1340. The van der Waals surface area contributed by atoms with Gasteiger partial charge in [-0.25, -0.2) is 14.4 Å². The molecular weight excluding hydrogens is 437 g/mol. The second-order valence-corrected chi connectivity index (χ2v) is 7.62. The quantitative estimate of drug-likeness (QED) is 0.458. The maximum absolute atomic E-state index is 13.5. The average molecular weight is 459 g/mol. The maximum atomic E-state index is 13.5. The standard InChI is InChI=1S/C25H22FN5O3/c1-30(21(16-9-5-3-6-10-16)17-11-7-4-8-12-17)25-29-20(22(32)24(34)31(25)2)23(33)28-19-15-18(26)13-14-27-19/h3-15,21,32H,1-2H3,(H,27,28,33). The molecule has 0 aliphatic carbocycles. The highest BCUT2D eigenvalue weighted by molar-refractivity contribution is 6.04. The number of nitrogens with zero attached hydrogens (tertiary/aromatic N) is 4. The lowest BCUT2D eigenvalue weighted by Crippen LogP contribution is -2.34. The lowest BCUT2D eigenvalue weighted by atomic mass is 9.97. The van der Waals surface area contributed by atoms with Crippen molar-refractivity contribution in [3.05, 3.63) is 112 Å². The van der Waals surface area contributed by atoms with Crippen molar-refractivity contribution in [2.24, 2.45) is 7.05 Å². The number of hydrogen-bond donors (Lipinski definition) is 2. The Hall–Kier alpha value is -4.53. The van der Waals surface area contributed by atoms with Gasteiger partial charge in [0.05, 0.1) is 6.04 Å². The number of halogens is 1. The van der Waals surface area contributed by atoms with Crippen LogP contribution in [0.1, 0.15) is 27.7 Å². The van der Waals surface area contributed by atoms with Gasteiger partial charge in [-0.15, -0.1) is 0 Å². The van der Waals surface area contributed by atoms with Crippen LogP contribution in [0.15, 0.2) is 83.8 Å². The van der Waals surface area contributed by atoms with E-state index in [1.807, 2.05) is 60.7 Å². The Morgan fingerprint density at radius 1 is 1.06 bits per heavy atom. The van der Waals surface area contributed by atoms with E-state index in [-0.39, 0.29) is 17.8 Å². The number of carbonyl (C=O) groups is 1. The molecule has 0 bridgehead atoms. The molecule has 34 heavy (non-hydrogen) atoms. The van der Waals surface area contributed by atoms with Gasteiger partial charge in [-0.1, -0.05) is 60.7 Å². The molecule has 0 spiro atoms. The SMILES string of the molecule is CN(c1nc(C(=O)Nc2cc(F)ccn2)c(O)c(=O)n1C)C(c1ccccc1)c1ccccc1. The number of amides is 1. The third kappa shape index (κ3) is 4.49. The molecule has 2 N–H and O–H groups in total. The van der Waals surface area contributed by atoms with Gasteiger partial charge >= 0.3 is 0 Å². The van der Waals surface area contributed by atoms with Crippen molar-refractivity contribution in [3.8, 4) is 5.75 Å². The summed E-state index contributed by atoms with van der Waals surface area (Å²) in [6, 6.07) is 21.1. The molecule has 0 atom stereocenters. The minimum absolute atomic E-state index is 0.0757. The van der Waals surface area contributed by atoms with Gasteiger partial charge in [0.1, 0.15) is 11.6 Å². The van der Waals surface area contributed by atoms with E-state index in [2.05, 4.69) is 15.3 Å². The monoisotopic (exact) mass is 459 g/mol. The average Bonchev–Trinajstić information content (AvgIpc) is 2.84. The Labute approximate surface area is 195 Å². The van der Waals surface area contributed by atoms with Gasteiger partial charge in [-0.2, -0.15) is 0 Å². The summed E-state index contributed by atoms with van der Waals surface area (Å²) in [5.41, 5.74) is 0.590. The minimum Gasteiger partial charge on any atom is -0.501 e. The van der Waals surface area contributed by atoms with E-state index in [0.717, 1.165) is 23.3 Å². The van der Waals surface area contributed by atoms with Crippen molar-refractivity contribution in [2.75, 3.05) is 17.3 Å². The lowest BCUT2D eigenvalue weighted by molar-refractivity contribution is 0.101. The summed E-state index contributed by atoms with van der Waals surface area (Å²) in [7, 11) is 3.21. The number of pyridine rings is 1. The molecule has 8 nitrogen and oxygen atoms in total. The van der Waals surface area contributed by atoms with Crippen LogP contribution < -0.4 is 15.8 Å². The summed E-state index contributed by atoms with van der Waals surface area (Å²) in [5.74, 6) is -2.23. The van der Waals surface area contributed by atoms with Gasteiger partial charge in [0.15, 0.2) is 5.69 Å². The van der Waals surface area contributed by atoms with Gasteiger partial charge in [0.25, 0.3) is 11.5 Å². The van der Waals surface area contributed by atoms with Crippen LogP contribution in [0.5, 0.6) is 5.75 Å². The summed E-state index contributed by atoms with van der Waals surface area (Å²) in [6.45, 7) is 0. The molecule has 0 radical (unpaired) electrons. The van der Waals surface area contributed by atoms with E-state index in [4.69, 9.17) is 0 Å². The molecular formula is C25H22FN5O3. The highest BCUT2D eigenvalue weighted by atomic mass is 19.1. The van der Waals surface area contributed by atoms with Crippen molar-refractivity contribution >= 4 is 17.7 Å². The zero-order valence-electron chi connectivity index (χ0n) is 18.5. The molecule has 0 fully saturated rings. The molecule has 0 saturated heterocycles. The fraction of sp³-hybridized carbons (Fsp3) is 0.120. The number of anilines is 2. The van der Waals surface area contributed by atoms with E-state index >= 15 is 0 Å². The third-order valence-corrected chi connectivity index (χ3v) is 5.36. The van der Waals surface area contributed by atoms with Crippen LogP contribution in [0.25, 0.3) is 0 Å². The van der Waals surface area contributed by atoms with Gasteiger partial charge in [0.2, 0.25) is 11.7 Å². The van der Waals surface area contributed by atoms with Crippen molar-refractivity contribution in [3.63, 3.8) is 0 Å². The second kappa shape index (κ2) is 9.53. The first-order valence-electron chi connectivity index (χ1n) is 10.4. The number of hydrogen-bond acceptors (Lipinski definition) is 6. The van der Waals surface area contributed by atoms with E-state index in [0.29, 0.717) is 0 Å². The predicted molar refractivity (Wildman–Crippen MR) is 126 cm³/mol. The minimum atomic E-state index is -0.890. The first-order chi connectivity index (χ1) is 16.4. The maximum Gasteiger partial charge on any atom is 0.297 e. The summed E-state index contributed by atoms with van der Waals surface area (Å²) >= 11 is 0. The number of aromatic nitrogens is 3. The van der Waals surface area contributed by atoms with Gasteiger partial charge < -0.3 is 15.3 Å². The molecule has 0 aliphatic heterocycles. The lowest BCUT2D eigenvalue weighted by Gasteiger charge is -2.31. The summed E-state index contributed by atoms with van der Waals surface area (Å²) in [5, 5.41) is 12.8. The second-order valence-electron chi connectivity index (χ2n) is 7.62. The number of carbonyl (C=O) groups excluding carboxylic acids is 1. The fourth-order valence-corrected chi connectivity index (χ4v) is 3.73. The van der Waals surface area contributed by atoms with E-state index in [9.17, 15) is 19.1 Å².